The third-order valence-corrected chi connectivity index (χ3v) is 5.53. The van der Waals surface area contributed by atoms with Gasteiger partial charge in [0.2, 0.25) is 5.95 Å². The Labute approximate surface area is 160 Å². The number of nitrogens with one attached hydrogen (secondary N) is 1. The lowest BCUT2D eigenvalue weighted by molar-refractivity contribution is 0.120. The predicted octanol–water partition coefficient (Wildman–Crippen LogP) is 2.55. The van der Waals surface area contributed by atoms with Crippen LogP contribution in [-0.2, 0) is 11.3 Å². The largest absolute Gasteiger partial charge is 0.376 e. The molecule has 1 atom stereocenters. The van der Waals surface area contributed by atoms with E-state index in [0.717, 1.165) is 64.0 Å². The van der Waals surface area contributed by atoms with E-state index in [1.165, 1.54) is 11.3 Å². The molecule has 0 spiro atoms. The van der Waals surface area contributed by atoms with Gasteiger partial charge in [-0.05, 0) is 51.3 Å². The van der Waals surface area contributed by atoms with Crippen LogP contribution in [0.4, 0.5) is 5.95 Å². The van der Waals surface area contributed by atoms with Crippen molar-refractivity contribution in [3.05, 3.63) is 41.7 Å². The van der Waals surface area contributed by atoms with E-state index in [1.54, 1.807) is 6.33 Å². The molecule has 0 unspecified atom stereocenters. The molecule has 2 aromatic rings. The first-order chi connectivity index (χ1) is 13.3. The molecule has 0 amide bonds. The highest BCUT2D eigenvalue weighted by atomic mass is 16.5. The molecule has 4 heterocycles. The average molecular weight is 368 g/mol. The summed E-state index contributed by atoms with van der Waals surface area (Å²) in [6, 6.07) is 0. The normalized spacial score (nSPS) is 21.4. The van der Waals surface area contributed by atoms with Crippen LogP contribution in [0.3, 0.4) is 0 Å². The Hall–Kier alpha value is -2.12. The van der Waals surface area contributed by atoms with Gasteiger partial charge in [-0.2, -0.15) is 0 Å². The predicted molar refractivity (Wildman–Crippen MR) is 104 cm³/mol. The number of anilines is 1. The topological polar surface area (TPSA) is 76.1 Å². The van der Waals surface area contributed by atoms with Crippen molar-refractivity contribution in [2.75, 3.05) is 31.6 Å². The molecule has 2 aromatic heterocycles. The molecule has 2 saturated heterocycles. The maximum absolute atomic E-state index is 5.61. The Bertz CT molecular complexity index is 724. The van der Waals surface area contributed by atoms with E-state index in [-0.39, 0.29) is 0 Å². The molecule has 0 bridgehead atoms. The Kier molecular flexibility index (Phi) is 5.89. The highest BCUT2D eigenvalue weighted by Crippen LogP contribution is 2.28. The van der Waals surface area contributed by atoms with Gasteiger partial charge in [-0.3, -0.25) is 4.90 Å². The number of ether oxygens (including phenoxy) is 1. The number of hydrogen-bond donors (Lipinski definition) is 1. The molecule has 2 aliphatic heterocycles. The monoisotopic (exact) mass is 368 g/mol. The number of hydrogen-bond acceptors (Lipinski definition) is 7. The van der Waals surface area contributed by atoms with E-state index in [2.05, 4.69) is 37.1 Å². The fourth-order valence-electron chi connectivity index (χ4n) is 4.00. The van der Waals surface area contributed by atoms with Crippen LogP contribution in [0.1, 0.15) is 48.4 Å². The molecule has 2 fully saturated rings. The van der Waals surface area contributed by atoms with Crippen LogP contribution in [0, 0.1) is 6.92 Å². The number of rotatable bonds is 6. The van der Waals surface area contributed by atoms with Crippen molar-refractivity contribution in [3.63, 3.8) is 0 Å². The van der Waals surface area contributed by atoms with Crippen molar-refractivity contribution in [1.29, 1.82) is 0 Å². The fraction of sp³-hybridized carbons (Fsp3) is 0.600. The van der Waals surface area contributed by atoms with Crippen LogP contribution in [0.25, 0.3) is 0 Å². The summed E-state index contributed by atoms with van der Waals surface area (Å²) >= 11 is 0. The van der Waals surface area contributed by atoms with Crippen LogP contribution >= 0.6 is 0 Å². The molecule has 7 heteroatoms. The molecule has 0 aliphatic carbocycles. The molecular weight excluding hydrogens is 340 g/mol. The SMILES string of the molecule is Cc1cncnc1C1CCN(Cc2cnc(NC[C@H]3CCCO3)nc2)CC1. The van der Waals surface area contributed by atoms with Gasteiger partial charge in [-0.1, -0.05) is 0 Å². The molecule has 27 heavy (non-hydrogen) atoms. The van der Waals surface area contributed by atoms with Crippen molar-refractivity contribution in [2.45, 2.75) is 51.2 Å². The van der Waals surface area contributed by atoms with E-state index in [1.807, 2.05) is 18.6 Å². The van der Waals surface area contributed by atoms with Crippen molar-refractivity contribution >= 4 is 5.95 Å². The fourth-order valence-corrected chi connectivity index (χ4v) is 4.00. The molecule has 1 N–H and O–H groups in total. The summed E-state index contributed by atoms with van der Waals surface area (Å²) < 4.78 is 5.61. The quantitative estimate of drug-likeness (QED) is 0.840. The van der Waals surface area contributed by atoms with Gasteiger partial charge in [0, 0.05) is 55.5 Å². The van der Waals surface area contributed by atoms with E-state index in [0.29, 0.717) is 18.0 Å². The van der Waals surface area contributed by atoms with Gasteiger partial charge in [-0.25, -0.2) is 19.9 Å². The molecule has 7 nitrogen and oxygen atoms in total. The molecule has 0 aromatic carbocycles. The first-order valence-corrected chi connectivity index (χ1v) is 9.93. The third kappa shape index (κ3) is 4.78. The number of aryl methyl sites for hydroxylation is 1. The molecule has 0 radical (unpaired) electrons. The van der Waals surface area contributed by atoms with Crippen molar-refractivity contribution in [1.82, 2.24) is 24.8 Å². The molecule has 0 saturated carbocycles. The second kappa shape index (κ2) is 8.71. The minimum atomic E-state index is 0.299. The smallest absolute Gasteiger partial charge is 0.222 e. The van der Waals surface area contributed by atoms with Crippen LogP contribution in [0.5, 0.6) is 0 Å². The van der Waals surface area contributed by atoms with Gasteiger partial charge in [0.25, 0.3) is 0 Å². The Balaban J connectivity index is 1.24. The van der Waals surface area contributed by atoms with Gasteiger partial charge >= 0.3 is 0 Å². The van der Waals surface area contributed by atoms with E-state index >= 15 is 0 Å². The van der Waals surface area contributed by atoms with Gasteiger partial charge in [-0.15, -0.1) is 0 Å². The highest BCUT2D eigenvalue weighted by Gasteiger charge is 2.23. The first kappa shape index (κ1) is 18.3. The number of aromatic nitrogens is 4. The summed E-state index contributed by atoms with van der Waals surface area (Å²) in [6.45, 7) is 6.82. The second-order valence-corrected chi connectivity index (χ2v) is 7.57. The highest BCUT2D eigenvalue weighted by molar-refractivity contribution is 5.25. The van der Waals surface area contributed by atoms with Crippen molar-refractivity contribution < 1.29 is 4.74 Å². The molecular formula is C20H28N6O. The Morgan fingerprint density at radius 3 is 2.63 bits per heavy atom. The molecule has 2 aliphatic rings. The lowest BCUT2D eigenvalue weighted by Crippen LogP contribution is -2.33. The average Bonchev–Trinajstić information content (AvgIpc) is 3.22. The van der Waals surface area contributed by atoms with Crippen LogP contribution in [0.15, 0.2) is 24.9 Å². The maximum atomic E-state index is 5.61. The standard InChI is InChI=1S/C20H28N6O/c1-15-9-21-14-25-19(15)17-4-6-26(7-5-17)13-16-10-22-20(23-11-16)24-12-18-3-2-8-27-18/h9-11,14,17-18H,2-8,12-13H2,1H3,(H,22,23,24)/t18-/m1/s1. The number of nitrogens with zero attached hydrogens (tertiary/aromatic N) is 5. The zero-order valence-electron chi connectivity index (χ0n) is 16.0. The summed E-state index contributed by atoms with van der Waals surface area (Å²) in [4.78, 5) is 20.0. The summed E-state index contributed by atoms with van der Waals surface area (Å²) in [5.74, 6) is 1.23. The summed E-state index contributed by atoms with van der Waals surface area (Å²) in [6.07, 6.45) is 12.3. The number of piperidine rings is 1. The van der Waals surface area contributed by atoms with Gasteiger partial charge < -0.3 is 10.1 Å². The van der Waals surface area contributed by atoms with E-state index < -0.39 is 0 Å². The summed E-state index contributed by atoms with van der Waals surface area (Å²) in [7, 11) is 0. The van der Waals surface area contributed by atoms with Gasteiger partial charge in [0.05, 0.1) is 6.10 Å². The minimum Gasteiger partial charge on any atom is -0.376 e. The van der Waals surface area contributed by atoms with E-state index in [9.17, 15) is 0 Å². The van der Waals surface area contributed by atoms with Gasteiger partial charge in [0.15, 0.2) is 0 Å². The lowest BCUT2D eigenvalue weighted by Gasteiger charge is -2.32. The van der Waals surface area contributed by atoms with Crippen molar-refractivity contribution in [2.24, 2.45) is 0 Å². The van der Waals surface area contributed by atoms with E-state index in [4.69, 9.17) is 4.74 Å². The van der Waals surface area contributed by atoms with Crippen molar-refractivity contribution in [3.8, 4) is 0 Å². The van der Waals surface area contributed by atoms with Gasteiger partial charge in [0.1, 0.15) is 6.33 Å². The van der Waals surface area contributed by atoms with Crippen LogP contribution < -0.4 is 5.32 Å². The summed E-state index contributed by atoms with van der Waals surface area (Å²) in [5.41, 5.74) is 3.58. The van der Waals surface area contributed by atoms with Crippen LogP contribution in [0.2, 0.25) is 0 Å². The zero-order chi connectivity index (χ0) is 18.5. The minimum absolute atomic E-state index is 0.299. The molecule has 4 rings (SSSR count). The maximum Gasteiger partial charge on any atom is 0.222 e. The lowest BCUT2D eigenvalue weighted by atomic mass is 9.91. The second-order valence-electron chi connectivity index (χ2n) is 7.57. The number of likely N-dealkylation sites (tertiary alicyclic amines) is 1. The van der Waals surface area contributed by atoms with Crippen LogP contribution in [-0.4, -0.2) is 57.2 Å². The Morgan fingerprint density at radius 2 is 1.93 bits per heavy atom. The summed E-state index contributed by atoms with van der Waals surface area (Å²) in [5, 5.41) is 3.27. The first-order valence-electron chi connectivity index (χ1n) is 9.93. The molecule has 144 valence electrons. The zero-order valence-corrected chi connectivity index (χ0v) is 16.0. The Morgan fingerprint density at radius 1 is 1.11 bits per heavy atom. The third-order valence-electron chi connectivity index (χ3n) is 5.53.